The summed E-state index contributed by atoms with van der Waals surface area (Å²) in [5, 5.41) is 6.22. The standard InChI is InChI=1S/C18H23N3O/c1-12-6-7-15(8-13(12)2)20-16-9-14(10-19-11-16)17(22)21-18(3,4)5/h6-11,20H,1-5H3,(H,21,22). The first kappa shape index (κ1) is 16.0. The molecule has 0 fully saturated rings. The number of nitrogens with one attached hydrogen (secondary N) is 2. The van der Waals surface area contributed by atoms with Crippen molar-refractivity contribution in [3.8, 4) is 0 Å². The minimum Gasteiger partial charge on any atom is -0.354 e. The molecular formula is C18H23N3O. The summed E-state index contributed by atoms with van der Waals surface area (Å²) < 4.78 is 0. The molecule has 0 radical (unpaired) electrons. The number of benzene rings is 1. The smallest absolute Gasteiger partial charge is 0.253 e. The predicted octanol–water partition coefficient (Wildman–Crippen LogP) is 3.97. The van der Waals surface area contributed by atoms with Crippen LogP contribution in [0, 0.1) is 13.8 Å². The molecule has 0 unspecified atom stereocenters. The van der Waals surface area contributed by atoms with Crippen molar-refractivity contribution in [3.63, 3.8) is 0 Å². The van der Waals surface area contributed by atoms with Gasteiger partial charge in [-0.15, -0.1) is 0 Å². The Morgan fingerprint density at radius 3 is 2.36 bits per heavy atom. The van der Waals surface area contributed by atoms with E-state index >= 15 is 0 Å². The van der Waals surface area contributed by atoms with Crippen molar-refractivity contribution in [1.82, 2.24) is 10.3 Å². The molecule has 116 valence electrons. The van der Waals surface area contributed by atoms with Gasteiger partial charge in [0.1, 0.15) is 0 Å². The maximum absolute atomic E-state index is 12.2. The average molecular weight is 297 g/mol. The Labute approximate surface area is 132 Å². The van der Waals surface area contributed by atoms with Gasteiger partial charge in [0.05, 0.1) is 17.4 Å². The van der Waals surface area contributed by atoms with Crippen molar-refractivity contribution in [1.29, 1.82) is 0 Å². The number of pyridine rings is 1. The van der Waals surface area contributed by atoms with Gasteiger partial charge in [-0.1, -0.05) is 6.07 Å². The van der Waals surface area contributed by atoms with Gasteiger partial charge in [0.15, 0.2) is 0 Å². The lowest BCUT2D eigenvalue weighted by Crippen LogP contribution is -2.40. The minimum absolute atomic E-state index is 0.122. The first-order valence-electron chi connectivity index (χ1n) is 7.36. The summed E-state index contributed by atoms with van der Waals surface area (Å²) in [6.07, 6.45) is 3.29. The van der Waals surface area contributed by atoms with Gasteiger partial charge in [-0.2, -0.15) is 0 Å². The van der Waals surface area contributed by atoms with Crippen LogP contribution in [0.25, 0.3) is 0 Å². The van der Waals surface area contributed by atoms with Crippen molar-refractivity contribution < 1.29 is 4.79 Å². The van der Waals surface area contributed by atoms with Crippen LogP contribution in [0.2, 0.25) is 0 Å². The largest absolute Gasteiger partial charge is 0.354 e. The van der Waals surface area contributed by atoms with Crippen molar-refractivity contribution in [2.75, 3.05) is 5.32 Å². The molecule has 0 saturated heterocycles. The van der Waals surface area contributed by atoms with Gasteiger partial charge in [-0.25, -0.2) is 0 Å². The number of rotatable bonds is 3. The molecule has 22 heavy (non-hydrogen) atoms. The molecule has 2 rings (SSSR count). The van der Waals surface area contributed by atoms with Crippen LogP contribution >= 0.6 is 0 Å². The Balaban J connectivity index is 2.17. The highest BCUT2D eigenvalue weighted by Gasteiger charge is 2.15. The minimum atomic E-state index is -0.269. The molecule has 0 saturated carbocycles. The highest BCUT2D eigenvalue weighted by Crippen LogP contribution is 2.20. The molecule has 2 N–H and O–H groups in total. The second-order valence-electron chi connectivity index (χ2n) is 6.59. The zero-order valence-electron chi connectivity index (χ0n) is 13.8. The molecule has 0 aliphatic rings. The van der Waals surface area contributed by atoms with E-state index in [1.54, 1.807) is 12.4 Å². The number of hydrogen-bond donors (Lipinski definition) is 2. The van der Waals surface area contributed by atoms with Crippen molar-refractivity contribution in [2.45, 2.75) is 40.2 Å². The molecular weight excluding hydrogens is 274 g/mol. The van der Waals surface area contributed by atoms with E-state index < -0.39 is 0 Å². The van der Waals surface area contributed by atoms with Gasteiger partial charge in [0.25, 0.3) is 5.91 Å². The number of nitrogens with zero attached hydrogens (tertiary/aromatic N) is 1. The molecule has 1 heterocycles. The summed E-state index contributed by atoms with van der Waals surface area (Å²) in [6.45, 7) is 10.0. The van der Waals surface area contributed by atoms with Crippen LogP contribution < -0.4 is 10.6 Å². The van der Waals surface area contributed by atoms with Crippen molar-refractivity contribution in [2.24, 2.45) is 0 Å². The molecule has 1 aromatic heterocycles. The van der Waals surface area contributed by atoms with Crippen LogP contribution in [-0.4, -0.2) is 16.4 Å². The highest BCUT2D eigenvalue weighted by atomic mass is 16.1. The van der Waals surface area contributed by atoms with E-state index in [9.17, 15) is 4.79 Å². The summed E-state index contributed by atoms with van der Waals surface area (Å²) in [7, 11) is 0. The third-order valence-corrected chi connectivity index (χ3v) is 3.28. The molecule has 0 atom stereocenters. The fourth-order valence-electron chi connectivity index (χ4n) is 2.03. The maximum atomic E-state index is 12.2. The third kappa shape index (κ3) is 4.32. The first-order valence-corrected chi connectivity index (χ1v) is 7.36. The van der Waals surface area contributed by atoms with Crippen molar-refractivity contribution >= 4 is 17.3 Å². The van der Waals surface area contributed by atoms with Gasteiger partial charge in [0.2, 0.25) is 0 Å². The molecule has 1 aromatic carbocycles. The third-order valence-electron chi connectivity index (χ3n) is 3.28. The summed E-state index contributed by atoms with van der Waals surface area (Å²) >= 11 is 0. The fraction of sp³-hybridized carbons (Fsp3) is 0.333. The van der Waals surface area contributed by atoms with Crippen LogP contribution in [-0.2, 0) is 0 Å². The zero-order valence-corrected chi connectivity index (χ0v) is 13.8. The predicted molar refractivity (Wildman–Crippen MR) is 90.7 cm³/mol. The van der Waals surface area contributed by atoms with Crippen LogP contribution in [0.15, 0.2) is 36.7 Å². The summed E-state index contributed by atoms with van der Waals surface area (Å²) in [4.78, 5) is 16.3. The molecule has 4 nitrogen and oxygen atoms in total. The molecule has 1 amide bonds. The van der Waals surface area contributed by atoms with Gasteiger partial charge < -0.3 is 10.6 Å². The average Bonchev–Trinajstić information content (AvgIpc) is 2.41. The van der Waals surface area contributed by atoms with E-state index in [0.29, 0.717) is 5.56 Å². The summed E-state index contributed by atoms with van der Waals surface area (Å²) in [6, 6.07) is 7.98. The van der Waals surface area contributed by atoms with E-state index in [2.05, 4.69) is 41.6 Å². The Kier molecular flexibility index (Phi) is 4.50. The van der Waals surface area contributed by atoms with Crippen LogP contribution in [0.1, 0.15) is 42.3 Å². The quantitative estimate of drug-likeness (QED) is 0.901. The molecule has 0 bridgehead atoms. The number of hydrogen-bond acceptors (Lipinski definition) is 3. The van der Waals surface area contributed by atoms with Gasteiger partial charge >= 0.3 is 0 Å². The Morgan fingerprint density at radius 1 is 1.00 bits per heavy atom. The van der Waals surface area contributed by atoms with Crippen LogP contribution in [0.3, 0.4) is 0 Å². The van der Waals surface area contributed by atoms with Gasteiger partial charge in [0, 0.05) is 17.4 Å². The monoisotopic (exact) mass is 297 g/mol. The Bertz CT molecular complexity index is 687. The Morgan fingerprint density at radius 2 is 1.73 bits per heavy atom. The lowest BCUT2D eigenvalue weighted by Gasteiger charge is -2.20. The highest BCUT2D eigenvalue weighted by molar-refractivity contribution is 5.95. The maximum Gasteiger partial charge on any atom is 0.253 e. The number of aromatic nitrogens is 1. The van der Waals surface area contributed by atoms with E-state index in [4.69, 9.17) is 0 Å². The van der Waals surface area contributed by atoms with Crippen LogP contribution in [0.5, 0.6) is 0 Å². The molecule has 0 aliphatic carbocycles. The second-order valence-corrected chi connectivity index (χ2v) is 6.59. The van der Waals surface area contributed by atoms with Gasteiger partial charge in [-0.05, 0) is 63.9 Å². The van der Waals surface area contributed by atoms with E-state index in [1.165, 1.54) is 11.1 Å². The zero-order chi connectivity index (χ0) is 16.3. The number of amides is 1. The fourth-order valence-corrected chi connectivity index (χ4v) is 2.03. The lowest BCUT2D eigenvalue weighted by molar-refractivity contribution is 0.0919. The number of carbonyl (C=O) groups excluding carboxylic acids is 1. The summed E-state index contributed by atoms with van der Waals surface area (Å²) in [5.74, 6) is -0.122. The number of aryl methyl sites for hydroxylation is 2. The van der Waals surface area contributed by atoms with Crippen molar-refractivity contribution in [3.05, 3.63) is 53.3 Å². The van der Waals surface area contributed by atoms with E-state index in [-0.39, 0.29) is 11.4 Å². The Hall–Kier alpha value is -2.36. The van der Waals surface area contributed by atoms with Crippen LogP contribution in [0.4, 0.5) is 11.4 Å². The molecule has 4 heteroatoms. The molecule has 2 aromatic rings. The topological polar surface area (TPSA) is 54.0 Å². The van der Waals surface area contributed by atoms with E-state index in [0.717, 1.165) is 11.4 Å². The summed E-state index contributed by atoms with van der Waals surface area (Å²) in [5.41, 5.74) is 4.53. The SMILES string of the molecule is Cc1ccc(Nc2cncc(C(=O)NC(C)(C)C)c2)cc1C. The number of carbonyl (C=O) groups is 1. The molecule has 0 spiro atoms. The van der Waals surface area contributed by atoms with Gasteiger partial charge in [-0.3, -0.25) is 9.78 Å². The lowest BCUT2D eigenvalue weighted by atomic mass is 10.1. The molecule has 0 aliphatic heterocycles. The number of anilines is 2. The normalized spacial score (nSPS) is 11.1. The first-order chi connectivity index (χ1) is 10.2. The van der Waals surface area contributed by atoms with E-state index in [1.807, 2.05) is 32.9 Å². The second kappa shape index (κ2) is 6.18.